The summed E-state index contributed by atoms with van der Waals surface area (Å²) in [6.07, 6.45) is 0. The van der Waals surface area contributed by atoms with Crippen molar-refractivity contribution < 1.29 is 33.0 Å². The Kier molecular flexibility index (Phi) is 8.42. The lowest BCUT2D eigenvalue weighted by Crippen LogP contribution is -2.21. The zero-order valence-electron chi connectivity index (χ0n) is 18.0. The summed E-state index contributed by atoms with van der Waals surface area (Å²) < 4.78 is 29.1. The van der Waals surface area contributed by atoms with E-state index in [1.165, 1.54) is 43.5 Å². The van der Waals surface area contributed by atoms with Gasteiger partial charge in [0.2, 0.25) is 0 Å². The Morgan fingerprint density at radius 3 is 2.35 bits per heavy atom. The topological polar surface area (TPSA) is 103 Å². The van der Waals surface area contributed by atoms with Gasteiger partial charge in [0.15, 0.2) is 13.2 Å². The van der Waals surface area contributed by atoms with Crippen molar-refractivity contribution in [3.8, 4) is 11.5 Å². The first-order valence-corrected chi connectivity index (χ1v) is 10.3. The number of halogens is 2. The number of benzene rings is 3. The van der Waals surface area contributed by atoms with Gasteiger partial charge in [0.1, 0.15) is 17.3 Å². The largest absolute Gasteiger partial charge is 0.497 e. The highest BCUT2D eigenvalue weighted by atomic mass is 35.5. The van der Waals surface area contributed by atoms with Crippen LogP contribution >= 0.6 is 11.6 Å². The molecule has 0 spiro atoms. The molecule has 0 saturated carbocycles. The van der Waals surface area contributed by atoms with Crippen molar-refractivity contribution in [1.82, 2.24) is 0 Å². The fraction of sp³-hybridized carbons (Fsp3) is 0.125. The average molecular weight is 487 g/mol. The Hall–Kier alpha value is -4.11. The molecule has 0 atom stereocenters. The van der Waals surface area contributed by atoms with Gasteiger partial charge in [-0.2, -0.15) is 0 Å². The number of methoxy groups -OCH3 is 1. The molecule has 2 N–H and O–H groups in total. The van der Waals surface area contributed by atoms with Crippen molar-refractivity contribution in [2.75, 3.05) is 31.0 Å². The second-order valence-electron chi connectivity index (χ2n) is 6.84. The van der Waals surface area contributed by atoms with Gasteiger partial charge in [-0.05, 0) is 54.6 Å². The van der Waals surface area contributed by atoms with Crippen LogP contribution in [0.15, 0.2) is 66.7 Å². The van der Waals surface area contributed by atoms with E-state index in [4.69, 9.17) is 25.8 Å². The molecule has 0 bridgehead atoms. The van der Waals surface area contributed by atoms with Crippen molar-refractivity contribution >= 4 is 40.8 Å². The lowest BCUT2D eigenvalue weighted by Gasteiger charge is -2.10. The summed E-state index contributed by atoms with van der Waals surface area (Å²) >= 11 is 5.77. The van der Waals surface area contributed by atoms with E-state index in [0.29, 0.717) is 17.2 Å². The average Bonchev–Trinajstić information content (AvgIpc) is 2.84. The summed E-state index contributed by atoms with van der Waals surface area (Å²) in [5.41, 5.74) is 0.605. The van der Waals surface area contributed by atoms with Gasteiger partial charge in [-0.15, -0.1) is 0 Å². The molecule has 176 valence electrons. The van der Waals surface area contributed by atoms with E-state index in [0.717, 1.165) is 6.07 Å². The first kappa shape index (κ1) is 24.5. The lowest BCUT2D eigenvalue weighted by molar-refractivity contribution is -0.119. The van der Waals surface area contributed by atoms with Crippen LogP contribution in [0.3, 0.4) is 0 Å². The molecule has 0 radical (unpaired) electrons. The van der Waals surface area contributed by atoms with Gasteiger partial charge < -0.3 is 24.8 Å². The minimum Gasteiger partial charge on any atom is -0.497 e. The van der Waals surface area contributed by atoms with E-state index in [1.807, 2.05) is 0 Å². The van der Waals surface area contributed by atoms with Crippen molar-refractivity contribution in [2.45, 2.75) is 0 Å². The standard InChI is InChI=1S/C24H20ClFN2O6/c1-32-19-4-2-3-17(12-19)27-22(29)13-33-18-8-5-15(6-9-18)24(31)34-14-23(30)28-21-11-16(25)7-10-20(21)26/h2-12H,13-14H2,1H3,(H,27,29)(H,28,30). The van der Waals surface area contributed by atoms with Crippen LogP contribution in [-0.2, 0) is 14.3 Å². The summed E-state index contributed by atoms with van der Waals surface area (Å²) in [7, 11) is 1.53. The van der Waals surface area contributed by atoms with Crippen LogP contribution in [0.5, 0.6) is 11.5 Å². The molecule has 34 heavy (non-hydrogen) atoms. The molecule has 3 aromatic rings. The van der Waals surface area contributed by atoms with Gasteiger partial charge in [-0.25, -0.2) is 9.18 Å². The fourth-order valence-corrected chi connectivity index (χ4v) is 2.90. The Labute approximate surface area is 199 Å². The number of hydrogen-bond donors (Lipinski definition) is 2. The molecule has 8 nitrogen and oxygen atoms in total. The zero-order chi connectivity index (χ0) is 24.5. The molecule has 0 heterocycles. The van der Waals surface area contributed by atoms with Gasteiger partial charge in [0.25, 0.3) is 11.8 Å². The van der Waals surface area contributed by atoms with Gasteiger partial charge in [-0.1, -0.05) is 17.7 Å². The van der Waals surface area contributed by atoms with Crippen LogP contribution in [-0.4, -0.2) is 38.1 Å². The van der Waals surface area contributed by atoms with Crippen LogP contribution in [0.2, 0.25) is 5.02 Å². The maximum absolute atomic E-state index is 13.7. The summed E-state index contributed by atoms with van der Waals surface area (Å²) in [5, 5.41) is 5.20. The number of ether oxygens (including phenoxy) is 3. The summed E-state index contributed by atoms with van der Waals surface area (Å²) in [6, 6.07) is 16.4. The zero-order valence-corrected chi connectivity index (χ0v) is 18.7. The number of anilines is 2. The Balaban J connectivity index is 1.45. The van der Waals surface area contributed by atoms with Crippen molar-refractivity contribution in [2.24, 2.45) is 0 Å². The number of rotatable bonds is 9. The number of esters is 1. The molecule has 2 amide bonds. The third-order valence-electron chi connectivity index (χ3n) is 4.35. The highest BCUT2D eigenvalue weighted by Crippen LogP contribution is 2.20. The van der Waals surface area contributed by atoms with Crippen LogP contribution in [0, 0.1) is 5.82 Å². The van der Waals surface area contributed by atoms with E-state index in [-0.39, 0.29) is 28.8 Å². The molecular weight excluding hydrogens is 467 g/mol. The molecule has 0 unspecified atom stereocenters. The van der Waals surface area contributed by atoms with Gasteiger partial charge in [0.05, 0.1) is 18.4 Å². The summed E-state index contributed by atoms with van der Waals surface area (Å²) in [5.74, 6) is -1.57. The molecule has 0 aromatic heterocycles. The van der Waals surface area contributed by atoms with Crippen molar-refractivity contribution in [3.63, 3.8) is 0 Å². The minimum atomic E-state index is -0.760. The summed E-state index contributed by atoms with van der Waals surface area (Å²) in [4.78, 5) is 36.1. The molecule has 3 rings (SSSR count). The van der Waals surface area contributed by atoms with Gasteiger partial charge >= 0.3 is 5.97 Å². The van der Waals surface area contributed by atoms with Crippen LogP contribution in [0.4, 0.5) is 15.8 Å². The van der Waals surface area contributed by atoms with E-state index >= 15 is 0 Å². The van der Waals surface area contributed by atoms with E-state index in [9.17, 15) is 18.8 Å². The predicted molar refractivity (Wildman–Crippen MR) is 124 cm³/mol. The number of carbonyl (C=O) groups excluding carboxylic acids is 3. The smallest absolute Gasteiger partial charge is 0.338 e. The van der Waals surface area contributed by atoms with Crippen molar-refractivity contribution in [3.05, 3.63) is 83.1 Å². The predicted octanol–water partition coefficient (Wildman–Crippen LogP) is 4.30. The third kappa shape index (κ3) is 7.21. The Morgan fingerprint density at radius 2 is 1.62 bits per heavy atom. The van der Waals surface area contributed by atoms with Gasteiger partial charge in [-0.3, -0.25) is 9.59 Å². The second-order valence-corrected chi connectivity index (χ2v) is 7.28. The normalized spacial score (nSPS) is 10.2. The Bertz CT molecular complexity index is 1190. The Morgan fingerprint density at radius 1 is 0.882 bits per heavy atom. The van der Waals surface area contributed by atoms with Gasteiger partial charge in [0, 0.05) is 16.8 Å². The maximum Gasteiger partial charge on any atom is 0.338 e. The number of nitrogens with one attached hydrogen (secondary N) is 2. The second kappa shape index (κ2) is 11.7. The number of carbonyl (C=O) groups is 3. The number of amides is 2. The molecule has 3 aromatic carbocycles. The molecule has 0 aliphatic heterocycles. The molecular formula is C24H20ClFN2O6. The van der Waals surface area contributed by atoms with E-state index in [2.05, 4.69) is 10.6 Å². The third-order valence-corrected chi connectivity index (χ3v) is 4.59. The SMILES string of the molecule is COc1cccc(NC(=O)COc2ccc(C(=O)OCC(=O)Nc3cc(Cl)ccc3F)cc2)c1. The maximum atomic E-state index is 13.7. The molecule has 10 heteroatoms. The van der Waals surface area contributed by atoms with Crippen molar-refractivity contribution in [1.29, 1.82) is 0 Å². The summed E-state index contributed by atoms with van der Waals surface area (Å²) in [6.45, 7) is -0.866. The molecule has 0 saturated heterocycles. The number of hydrogen-bond acceptors (Lipinski definition) is 6. The van der Waals surface area contributed by atoms with E-state index < -0.39 is 24.3 Å². The first-order valence-electron chi connectivity index (χ1n) is 9.93. The first-order chi connectivity index (χ1) is 16.3. The molecule has 0 aliphatic carbocycles. The van der Waals surface area contributed by atoms with Crippen LogP contribution in [0.1, 0.15) is 10.4 Å². The minimum absolute atomic E-state index is 0.120. The molecule has 0 aliphatic rings. The van der Waals surface area contributed by atoms with Crippen LogP contribution < -0.4 is 20.1 Å². The monoisotopic (exact) mass is 486 g/mol. The quantitative estimate of drug-likeness (QED) is 0.437. The molecule has 0 fully saturated rings. The van der Waals surface area contributed by atoms with Crippen LogP contribution in [0.25, 0.3) is 0 Å². The van der Waals surface area contributed by atoms with E-state index in [1.54, 1.807) is 24.3 Å². The highest BCUT2D eigenvalue weighted by Gasteiger charge is 2.13. The fourth-order valence-electron chi connectivity index (χ4n) is 2.73. The lowest BCUT2D eigenvalue weighted by atomic mass is 10.2. The highest BCUT2D eigenvalue weighted by molar-refractivity contribution is 6.30.